The van der Waals surface area contributed by atoms with Crippen molar-refractivity contribution >= 4 is 35.0 Å². The molecule has 0 heterocycles. The summed E-state index contributed by atoms with van der Waals surface area (Å²) in [5, 5.41) is 3.58. The van der Waals surface area contributed by atoms with Crippen LogP contribution in [0, 0.1) is 0 Å². The predicted octanol–water partition coefficient (Wildman–Crippen LogP) is 6.29. The Morgan fingerprint density at radius 3 is 2.52 bits per heavy atom. The summed E-state index contributed by atoms with van der Waals surface area (Å²) in [5.74, 6) is 0.398. The first-order chi connectivity index (χ1) is 13.2. The molecule has 138 valence electrons. The molecule has 1 N–H and O–H groups in total. The zero-order valence-corrected chi connectivity index (χ0v) is 16.5. The van der Waals surface area contributed by atoms with Crippen molar-refractivity contribution in [2.24, 2.45) is 0 Å². The first-order valence-corrected chi connectivity index (χ1v) is 9.90. The van der Waals surface area contributed by atoms with Crippen LogP contribution in [0.5, 0.6) is 5.75 Å². The number of ether oxygens (including phenoxy) is 1. The molecule has 1 unspecified atom stereocenters. The maximum absolute atomic E-state index is 12.8. The predicted molar refractivity (Wildman–Crippen MR) is 112 cm³/mol. The van der Waals surface area contributed by atoms with E-state index in [9.17, 15) is 4.79 Å². The van der Waals surface area contributed by atoms with Crippen molar-refractivity contribution < 1.29 is 9.53 Å². The lowest BCUT2D eigenvalue weighted by Crippen LogP contribution is -2.32. The van der Waals surface area contributed by atoms with E-state index in [1.54, 1.807) is 36.0 Å². The summed E-state index contributed by atoms with van der Waals surface area (Å²) in [4.78, 5) is 14.9. The summed E-state index contributed by atoms with van der Waals surface area (Å²) in [7, 11) is 0. The highest BCUT2D eigenvalue weighted by atomic mass is 35.5. The van der Waals surface area contributed by atoms with Crippen molar-refractivity contribution in [3.8, 4) is 5.75 Å². The van der Waals surface area contributed by atoms with Gasteiger partial charge in [-0.05, 0) is 48.9 Å². The van der Waals surface area contributed by atoms with Gasteiger partial charge in [0.2, 0.25) is 0 Å². The molecular formula is C22H20ClNO2S. The lowest BCUT2D eigenvalue weighted by molar-refractivity contribution is -0.122. The maximum atomic E-state index is 12.8. The molecule has 0 spiro atoms. The molecular weight excluding hydrogens is 378 g/mol. The van der Waals surface area contributed by atoms with E-state index in [4.69, 9.17) is 16.3 Å². The molecule has 0 aliphatic rings. The third kappa shape index (κ3) is 5.52. The van der Waals surface area contributed by atoms with E-state index in [0.29, 0.717) is 17.2 Å². The molecule has 5 heteroatoms. The van der Waals surface area contributed by atoms with E-state index in [2.05, 4.69) is 5.32 Å². The minimum Gasteiger partial charge on any atom is -0.481 e. The number of amides is 1. The molecule has 0 aliphatic heterocycles. The highest BCUT2D eigenvalue weighted by Crippen LogP contribution is 2.33. The van der Waals surface area contributed by atoms with E-state index in [1.807, 2.05) is 61.5 Å². The van der Waals surface area contributed by atoms with Crippen LogP contribution in [0.25, 0.3) is 0 Å². The Morgan fingerprint density at radius 1 is 1.04 bits per heavy atom. The van der Waals surface area contributed by atoms with Crippen molar-refractivity contribution in [1.82, 2.24) is 0 Å². The Balaban J connectivity index is 1.72. The number of carbonyl (C=O) groups excluding carboxylic acids is 1. The topological polar surface area (TPSA) is 38.3 Å². The monoisotopic (exact) mass is 397 g/mol. The minimum absolute atomic E-state index is 0.182. The number of hydrogen-bond acceptors (Lipinski definition) is 3. The second-order valence-corrected chi connectivity index (χ2v) is 7.42. The van der Waals surface area contributed by atoms with Crippen LogP contribution >= 0.6 is 23.4 Å². The summed E-state index contributed by atoms with van der Waals surface area (Å²) in [6.45, 7) is 1.92. The van der Waals surface area contributed by atoms with Gasteiger partial charge in [0.25, 0.3) is 5.91 Å². The number of rotatable bonds is 7. The Morgan fingerprint density at radius 2 is 1.78 bits per heavy atom. The van der Waals surface area contributed by atoms with Gasteiger partial charge in [0.1, 0.15) is 5.75 Å². The summed E-state index contributed by atoms with van der Waals surface area (Å²) >= 11 is 7.60. The zero-order chi connectivity index (χ0) is 19.1. The number of nitrogens with one attached hydrogen (secondary N) is 1. The van der Waals surface area contributed by atoms with Crippen LogP contribution in [0.15, 0.2) is 88.7 Å². The second kappa shape index (κ2) is 9.49. The molecule has 3 aromatic carbocycles. The SMILES string of the molecule is CCC(Oc1cccc(Cl)c1)C(=O)Nc1ccccc1Sc1ccccc1. The molecule has 0 radical (unpaired) electrons. The van der Waals surface area contributed by atoms with Crippen molar-refractivity contribution in [3.63, 3.8) is 0 Å². The number of para-hydroxylation sites is 1. The zero-order valence-electron chi connectivity index (χ0n) is 14.9. The molecule has 0 saturated heterocycles. The standard InChI is InChI=1S/C22H20ClNO2S/c1-2-20(26-17-10-8-9-16(23)15-17)22(25)24-19-13-6-7-14-21(19)27-18-11-4-3-5-12-18/h3-15,20H,2H2,1H3,(H,24,25). The number of anilines is 1. The van der Waals surface area contributed by atoms with Gasteiger partial charge in [-0.25, -0.2) is 0 Å². The fourth-order valence-electron chi connectivity index (χ4n) is 2.51. The number of carbonyl (C=O) groups is 1. The summed E-state index contributed by atoms with van der Waals surface area (Å²) < 4.78 is 5.83. The van der Waals surface area contributed by atoms with Gasteiger partial charge in [-0.2, -0.15) is 0 Å². The summed E-state index contributed by atoms with van der Waals surface area (Å²) in [5.41, 5.74) is 0.768. The average molecular weight is 398 g/mol. The van der Waals surface area contributed by atoms with E-state index >= 15 is 0 Å². The summed E-state index contributed by atoms with van der Waals surface area (Å²) in [6, 6.07) is 24.9. The molecule has 1 atom stereocenters. The lowest BCUT2D eigenvalue weighted by atomic mass is 10.2. The van der Waals surface area contributed by atoms with Crippen LogP contribution in [-0.4, -0.2) is 12.0 Å². The fraction of sp³-hybridized carbons (Fsp3) is 0.136. The van der Waals surface area contributed by atoms with E-state index in [0.717, 1.165) is 15.5 Å². The van der Waals surface area contributed by atoms with Gasteiger partial charge in [0.05, 0.1) is 5.69 Å². The molecule has 0 fully saturated rings. The Bertz CT molecular complexity index is 902. The minimum atomic E-state index is -0.599. The fourth-order valence-corrected chi connectivity index (χ4v) is 3.62. The Labute approximate surface area is 168 Å². The molecule has 0 bridgehead atoms. The van der Waals surface area contributed by atoms with Crippen molar-refractivity contribution in [3.05, 3.63) is 83.9 Å². The van der Waals surface area contributed by atoms with Gasteiger partial charge in [-0.1, -0.05) is 66.7 Å². The Kier molecular flexibility index (Phi) is 6.80. The first-order valence-electron chi connectivity index (χ1n) is 8.70. The van der Waals surface area contributed by atoms with Gasteiger partial charge in [-0.3, -0.25) is 4.79 Å². The van der Waals surface area contributed by atoms with E-state index in [-0.39, 0.29) is 5.91 Å². The lowest BCUT2D eigenvalue weighted by Gasteiger charge is -2.18. The van der Waals surface area contributed by atoms with E-state index < -0.39 is 6.10 Å². The third-order valence-corrected chi connectivity index (χ3v) is 5.17. The number of hydrogen-bond donors (Lipinski definition) is 1. The van der Waals surface area contributed by atoms with Gasteiger partial charge in [-0.15, -0.1) is 0 Å². The largest absolute Gasteiger partial charge is 0.481 e. The van der Waals surface area contributed by atoms with E-state index in [1.165, 1.54) is 0 Å². The first kappa shape index (κ1) is 19.3. The molecule has 27 heavy (non-hydrogen) atoms. The number of halogens is 1. The van der Waals surface area contributed by atoms with Crippen LogP contribution < -0.4 is 10.1 Å². The highest BCUT2D eigenvalue weighted by molar-refractivity contribution is 7.99. The smallest absolute Gasteiger partial charge is 0.265 e. The van der Waals surface area contributed by atoms with Gasteiger partial charge < -0.3 is 10.1 Å². The molecule has 1 amide bonds. The quantitative estimate of drug-likeness (QED) is 0.509. The third-order valence-electron chi connectivity index (χ3n) is 3.85. The van der Waals surface area contributed by atoms with Gasteiger partial charge >= 0.3 is 0 Å². The van der Waals surface area contributed by atoms with Crippen molar-refractivity contribution in [2.75, 3.05) is 5.32 Å². The van der Waals surface area contributed by atoms with Crippen LogP contribution in [-0.2, 0) is 4.79 Å². The normalized spacial score (nSPS) is 11.6. The van der Waals surface area contributed by atoms with Crippen LogP contribution in [0.3, 0.4) is 0 Å². The number of benzene rings is 3. The molecule has 0 saturated carbocycles. The summed E-state index contributed by atoms with van der Waals surface area (Å²) in [6.07, 6.45) is -0.0509. The molecule has 3 nitrogen and oxygen atoms in total. The average Bonchev–Trinajstić information content (AvgIpc) is 2.68. The van der Waals surface area contributed by atoms with Crippen LogP contribution in [0.1, 0.15) is 13.3 Å². The second-order valence-electron chi connectivity index (χ2n) is 5.87. The Hall–Kier alpha value is -2.43. The molecule has 0 aliphatic carbocycles. The van der Waals surface area contributed by atoms with Crippen LogP contribution in [0.4, 0.5) is 5.69 Å². The molecule has 3 aromatic rings. The van der Waals surface area contributed by atoms with Crippen molar-refractivity contribution in [1.29, 1.82) is 0 Å². The van der Waals surface area contributed by atoms with Gasteiger partial charge in [0.15, 0.2) is 6.10 Å². The molecule has 0 aromatic heterocycles. The van der Waals surface area contributed by atoms with Gasteiger partial charge in [0, 0.05) is 14.8 Å². The van der Waals surface area contributed by atoms with Crippen LogP contribution in [0.2, 0.25) is 5.02 Å². The maximum Gasteiger partial charge on any atom is 0.265 e. The highest BCUT2D eigenvalue weighted by Gasteiger charge is 2.20. The molecule has 3 rings (SSSR count). The van der Waals surface area contributed by atoms with Crippen molar-refractivity contribution in [2.45, 2.75) is 29.2 Å².